The molecule has 144 valence electrons. The van der Waals surface area contributed by atoms with E-state index in [1.807, 2.05) is 30.5 Å². The number of likely N-dealkylation sites (tertiary alicyclic amines) is 1. The zero-order valence-electron chi connectivity index (χ0n) is 16.2. The van der Waals surface area contributed by atoms with Crippen LogP contribution in [0.4, 0.5) is 0 Å². The van der Waals surface area contributed by atoms with Gasteiger partial charge in [0.2, 0.25) is 0 Å². The molecular formula is C22H29N3O2. The highest BCUT2D eigenvalue weighted by Gasteiger charge is 2.19. The van der Waals surface area contributed by atoms with Crippen molar-refractivity contribution < 1.29 is 4.74 Å². The Morgan fingerprint density at radius 1 is 1.15 bits per heavy atom. The van der Waals surface area contributed by atoms with Crippen LogP contribution in [-0.2, 0) is 12.8 Å². The van der Waals surface area contributed by atoms with Crippen LogP contribution in [0, 0.1) is 0 Å². The van der Waals surface area contributed by atoms with Crippen molar-refractivity contribution in [3.05, 3.63) is 51.9 Å². The van der Waals surface area contributed by atoms with Crippen molar-refractivity contribution in [1.29, 1.82) is 0 Å². The van der Waals surface area contributed by atoms with Gasteiger partial charge in [-0.15, -0.1) is 0 Å². The number of ether oxygens (including phenoxy) is 1. The third-order valence-corrected chi connectivity index (χ3v) is 5.92. The van der Waals surface area contributed by atoms with Crippen LogP contribution in [0.5, 0.6) is 5.75 Å². The third kappa shape index (κ3) is 4.08. The average Bonchev–Trinajstić information content (AvgIpc) is 3.11. The number of hydrogen-bond acceptors (Lipinski definition) is 4. The molecule has 4 rings (SSSR count). The quantitative estimate of drug-likeness (QED) is 0.735. The summed E-state index contributed by atoms with van der Waals surface area (Å²) in [5.74, 6) is 0.847. The Hall–Kier alpha value is -2.14. The number of aryl methyl sites for hydroxylation is 1. The predicted molar refractivity (Wildman–Crippen MR) is 107 cm³/mol. The lowest BCUT2D eigenvalue weighted by atomic mass is 9.94. The zero-order chi connectivity index (χ0) is 18.6. The van der Waals surface area contributed by atoms with Crippen molar-refractivity contribution in [1.82, 2.24) is 14.7 Å². The largest absolute Gasteiger partial charge is 0.494 e. The summed E-state index contributed by atoms with van der Waals surface area (Å²) in [7, 11) is 0. The first kappa shape index (κ1) is 18.2. The lowest BCUT2D eigenvalue weighted by Crippen LogP contribution is -2.28. The Kier molecular flexibility index (Phi) is 5.58. The molecule has 2 aliphatic rings. The second-order valence-electron chi connectivity index (χ2n) is 7.80. The van der Waals surface area contributed by atoms with E-state index < -0.39 is 0 Å². The van der Waals surface area contributed by atoms with Gasteiger partial charge in [0.1, 0.15) is 5.75 Å². The summed E-state index contributed by atoms with van der Waals surface area (Å²) in [6, 6.07) is 8.41. The van der Waals surface area contributed by atoms with Crippen molar-refractivity contribution in [2.45, 2.75) is 57.9 Å². The van der Waals surface area contributed by atoms with Gasteiger partial charge in [0.25, 0.3) is 5.56 Å². The minimum atomic E-state index is 0.0283. The van der Waals surface area contributed by atoms with Gasteiger partial charge in [-0.2, -0.15) is 9.78 Å². The molecule has 1 saturated heterocycles. The lowest BCUT2D eigenvalue weighted by molar-refractivity contribution is 0.230. The van der Waals surface area contributed by atoms with E-state index in [2.05, 4.69) is 16.9 Å². The van der Waals surface area contributed by atoms with Crippen LogP contribution in [0.25, 0.3) is 5.69 Å². The first-order chi connectivity index (χ1) is 13.2. The summed E-state index contributed by atoms with van der Waals surface area (Å²) in [6.45, 7) is 5.36. The number of benzene rings is 1. The molecule has 0 N–H and O–H groups in total. The molecule has 0 spiro atoms. The van der Waals surface area contributed by atoms with E-state index >= 15 is 0 Å². The molecule has 27 heavy (non-hydrogen) atoms. The van der Waals surface area contributed by atoms with Gasteiger partial charge in [-0.3, -0.25) is 4.79 Å². The van der Waals surface area contributed by atoms with Crippen LogP contribution in [-0.4, -0.2) is 40.4 Å². The fourth-order valence-electron chi connectivity index (χ4n) is 4.27. The van der Waals surface area contributed by atoms with E-state index in [4.69, 9.17) is 4.74 Å². The number of nitrogens with zero attached hydrogens (tertiary/aromatic N) is 3. The average molecular weight is 367 g/mol. The Labute approximate surface area is 161 Å². The van der Waals surface area contributed by atoms with Crippen LogP contribution in [0.15, 0.2) is 35.3 Å². The molecule has 0 unspecified atom stereocenters. The Morgan fingerprint density at radius 3 is 2.74 bits per heavy atom. The van der Waals surface area contributed by atoms with Crippen molar-refractivity contribution in [2.24, 2.45) is 0 Å². The van der Waals surface area contributed by atoms with E-state index in [0.717, 1.165) is 67.8 Å². The number of fused-ring (bicyclic) bond motifs is 1. The fourth-order valence-corrected chi connectivity index (χ4v) is 4.27. The minimum Gasteiger partial charge on any atom is -0.494 e. The van der Waals surface area contributed by atoms with E-state index in [9.17, 15) is 4.79 Å². The number of rotatable bonds is 6. The Balaban J connectivity index is 1.36. The Morgan fingerprint density at radius 2 is 1.96 bits per heavy atom. The molecule has 1 aliphatic carbocycles. The van der Waals surface area contributed by atoms with Gasteiger partial charge in [-0.1, -0.05) is 0 Å². The molecule has 1 aromatic heterocycles. The summed E-state index contributed by atoms with van der Waals surface area (Å²) in [5.41, 5.74) is 2.88. The molecule has 5 nitrogen and oxygen atoms in total. The van der Waals surface area contributed by atoms with Gasteiger partial charge in [-0.25, -0.2) is 0 Å². The normalized spacial score (nSPS) is 19.8. The first-order valence-corrected chi connectivity index (χ1v) is 10.3. The van der Waals surface area contributed by atoms with Gasteiger partial charge in [-0.05, 0) is 88.2 Å². The topological polar surface area (TPSA) is 47.4 Å². The number of hydrogen-bond donors (Lipinski definition) is 0. The fraction of sp³-hybridized carbons (Fsp3) is 0.545. The van der Waals surface area contributed by atoms with Crippen molar-refractivity contribution in [3.8, 4) is 11.4 Å². The van der Waals surface area contributed by atoms with Crippen LogP contribution < -0.4 is 10.3 Å². The third-order valence-electron chi connectivity index (χ3n) is 5.92. The number of aromatic nitrogens is 2. The summed E-state index contributed by atoms with van der Waals surface area (Å²) in [4.78, 5) is 15.3. The van der Waals surface area contributed by atoms with Crippen LogP contribution in [0.2, 0.25) is 0 Å². The summed E-state index contributed by atoms with van der Waals surface area (Å²) in [5, 5.41) is 4.38. The van der Waals surface area contributed by atoms with Crippen LogP contribution in [0.1, 0.15) is 50.2 Å². The second kappa shape index (κ2) is 8.26. The smallest absolute Gasteiger partial charge is 0.274 e. The minimum absolute atomic E-state index is 0.0283. The first-order valence-electron chi connectivity index (χ1n) is 10.3. The van der Waals surface area contributed by atoms with Gasteiger partial charge in [0, 0.05) is 18.2 Å². The van der Waals surface area contributed by atoms with Crippen molar-refractivity contribution >= 4 is 0 Å². The molecule has 2 heterocycles. The maximum atomic E-state index is 12.7. The van der Waals surface area contributed by atoms with Gasteiger partial charge >= 0.3 is 0 Å². The van der Waals surface area contributed by atoms with E-state index in [-0.39, 0.29) is 5.56 Å². The molecule has 2 aromatic rings. The van der Waals surface area contributed by atoms with Crippen molar-refractivity contribution in [3.63, 3.8) is 0 Å². The summed E-state index contributed by atoms with van der Waals surface area (Å²) >= 11 is 0. The molecule has 1 atom stereocenters. The highest BCUT2D eigenvalue weighted by Crippen LogP contribution is 2.19. The lowest BCUT2D eigenvalue weighted by Gasteiger charge is -2.20. The predicted octanol–water partition coefficient (Wildman–Crippen LogP) is 3.36. The second-order valence-corrected chi connectivity index (χ2v) is 7.80. The molecule has 1 fully saturated rings. The SMILES string of the molecule is C[C@@H]1CCCN1CCCOc1ccc(-n2ncc3c(c2=O)CCCC3)cc1. The maximum absolute atomic E-state index is 12.7. The van der Waals surface area contributed by atoms with Gasteiger partial charge < -0.3 is 9.64 Å². The van der Waals surface area contributed by atoms with Gasteiger partial charge in [0.15, 0.2) is 0 Å². The molecule has 5 heteroatoms. The van der Waals surface area contributed by atoms with Crippen LogP contribution in [0.3, 0.4) is 0 Å². The standard InChI is InChI=1S/C22H29N3O2/c1-17-6-4-13-24(17)14-5-15-27-20-11-9-19(10-12-20)25-22(26)21-8-3-2-7-18(21)16-23-25/h9-12,16-17H,2-8,13-15H2,1H3/t17-/m1/s1. The highest BCUT2D eigenvalue weighted by atomic mass is 16.5. The van der Waals surface area contributed by atoms with E-state index in [1.165, 1.54) is 24.1 Å². The van der Waals surface area contributed by atoms with E-state index in [0.29, 0.717) is 6.04 Å². The zero-order valence-corrected chi connectivity index (χ0v) is 16.2. The molecular weight excluding hydrogens is 338 g/mol. The molecule has 0 bridgehead atoms. The van der Waals surface area contributed by atoms with E-state index in [1.54, 1.807) is 0 Å². The molecule has 1 aliphatic heterocycles. The highest BCUT2D eigenvalue weighted by molar-refractivity contribution is 5.38. The molecule has 1 aromatic carbocycles. The summed E-state index contributed by atoms with van der Waals surface area (Å²) < 4.78 is 7.39. The molecule has 0 amide bonds. The maximum Gasteiger partial charge on any atom is 0.274 e. The molecule has 0 saturated carbocycles. The van der Waals surface area contributed by atoms with Gasteiger partial charge in [0.05, 0.1) is 18.5 Å². The van der Waals surface area contributed by atoms with Crippen molar-refractivity contribution in [2.75, 3.05) is 19.7 Å². The Bertz CT molecular complexity index is 828. The summed E-state index contributed by atoms with van der Waals surface area (Å²) in [6.07, 6.45) is 9.63. The molecule has 0 radical (unpaired) electrons. The monoisotopic (exact) mass is 367 g/mol. The van der Waals surface area contributed by atoms with Crippen LogP contribution >= 0.6 is 0 Å².